The Morgan fingerprint density at radius 2 is 1.88 bits per heavy atom. The lowest BCUT2D eigenvalue weighted by Gasteiger charge is -2.20. The minimum Gasteiger partial charge on any atom is -0.444 e. The first-order valence-corrected chi connectivity index (χ1v) is 9.89. The Morgan fingerprint density at radius 3 is 2.39 bits per heavy atom. The van der Waals surface area contributed by atoms with Crippen LogP contribution in [0.1, 0.15) is 37.5 Å². The minimum absolute atomic E-state index is 0.0169. The van der Waals surface area contributed by atoms with Gasteiger partial charge in [-0.3, -0.25) is 4.99 Å². The molecule has 1 amide bonds. The summed E-state index contributed by atoms with van der Waals surface area (Å²) in [7, 11) is 0. The first kappa shape index (κ1) is 25.5. The second-order valence-corrected chi connectivity index (χ2v) is 7.99. The molecule has 0 saturated carbocycles. The number of carbonyl (C=O) groups excluding carboxylic acids is 1. The third kappa shape index (κ3) is 7.38. The number of aliphatic imine (C=N–C) groups is 1. The number of rotatable bonds is 6. The number of nitrogens with one attached hydrogen (secondary N) is 1. The van der Waals surface area contributed by atoms with Crippen LogP contribution < -0.4 is 10.1 Å². The van der Waals surface area contributed by atoms with E-state index in [0.717, 1.165) is 0 Å². The van der Waals surface area contributed by atoms with E-state index in [9.17, 15) is 23.2 Å². The number of alkyl halides is 3. The largest absolute Gasteiger partial charge is 0.573 e. The van der Waals surface area contributed by atoms with Gasteiger partial charge < -0.3 is 14.8 Å². The Morgan fingerprint density at radius 1 is 1.24 bits per heavy atom. The smallest absolute Gasteiger partial charge is 0.444 e. The molecule has 9 heteroatoms. The van der Waals surface area contributed by atoms with Crippen LogP contribution in [0.4, 0.5) is 23.7 Å². The summed E-state index contributed by atoms with van der Waals surface area (Å²) in [6.45, 7) is 10.5. The predicted molar refractivity (Wildman–Crippen MR) is 119 cm³/mol. The van der Waals surface area contributed by atoms with Crippen LogP contribution in [0.15, 0.2) is 48.0 Å². The van der Waals surface area contributed by atoms with Crippen molar-refractivity contribution in [3.05, 3.63) is 59.7 Å². The van der Waals surface area contributed by atoms with Gasteiger partial charge in [-0.25, -0.2) is 4.79 Å². The highest BCUT2D eigenvalue weighted by Crippen LogP contribution is 2.36. The van der Waals surface area contributed by atoms with E-state index in [0.29, 0.717) is 27.9 Å². The zero-order valence-corrected chi connectivity index (χ0v) is 18.7. The van der Waals surface area contributed by atoms with Crippen LogP contribution in [-0.2, 0) is 11.3 Å². The number of nitrogens with zero attached hydrogens (tertiary/aromatic N) is 2. The quantitative estimate of drug-likeness (QED) is 0.511. The van der Waals surface area contributed by atoms with E-state index in [1.54, 1.807) is 33.8 Å². The van der Waals surface area contributed by atoms with Crippen LogP contribution in [0.2, 0.25) is 0 Å². The number of hydrogen-bond acceptors (Lipinski definition) is 5. The molecule has 0 bridgehead atoms. The SMILES string of the molecule is C=C/C=N\c1c(C)c(-c2ccc(OC(F)(F)F)cc2)cc(CNC(=O)OC(C)(C)C)c1C#N. The highest BCUT2D eigenvalue weighted by atomic mass is 19.4. The van der Waals surface area contributed by atoms with Crippen molar-refractivity contribution in [2.45, 2.75) is 46.2 Å². The van der Waals surface area contributed by atoms with Gasteiger partial charge in [-0.2, -0.15) is 5.26 Å². The lowest BCUT2D eigenvalue weighted by Crippen LogP contribution is -2.32. The van der Waals surface area contributed by atoms with Gasteiger partial charge in [-0.1, -0.05) is 24.8 Å². The first-order chi connectivity index (χ1) is 15.3. The summed E-state index contributed by atoms with van der Waals surface area (Å²) in [5.74, 6) is -0.353. The molecule has 1 N–H and O–H groups in total. The molecule has 174 valence electrons. The molecule has 0 fully saturated rings. The van der Waals surface area contributed by atoms with Crippen molar-refractivity contribution >= 4 is 18.0 Å². The number of nitriles is 1. The molecular weight excluding hydrogens is 435 g/mol. The summed E-state index contributed by atoms with van der Waals surface area (Å²) in [6, 6.07) is 9.15. The summed E-state index contributed by atoms with van der Waals surface area (Å²) in [5, 5.41) is 12.4. The van der Waals surface area contributed by atoms with Crippen LogP contribution in [0, 0.1) is 18.3 Å². The third-order valence-corrected chi connectivity index (χ3v) is 4.28. The minimum atomic E-state index is -4.79. The van der Waals surface area contributed by atoms with Gasteiger partial charge in [0.15, 0.2) is 0 Å². The maximum absolute atomic E-state index is 12.5. The topological polar surface area (TPSA) is 83.7 Å². The molecule has 0 radical (unpaired) electrons. The molecule has 0 aliphatic carbocycles. The Bertz CT molecular complexity index is 1090. The zero-order chi connectivity index (χ0) is 24.8. The molecule has 2 aromatic rings. The lowest BCUT2D eigenvalue weighted by atomic mass is 9.92. The lowest BCUT2D eigenvalue weighted by molar-refractivity contribution is -0.274. The van der Waals surface area contributed by atoms with Gasteiger partial charge >= 0.3 is 12.5 Å². The Labute approximate surface area is 190 Å². The van der Waals surface area contributed by atoms with Crippen molar-refractivity contribution in [3.8, 4) is 22.9 Å². The summed E-state index contributed by atoms with van der Waals surface area (Å²) in [6.07, 6.45) is -2.56. The molecule has 33 heavy (non-hydrogen) atoms. The molecule has 0 spiro atoms. The van der Waals surface area contributed by atoms with Crippen LogP contribution >= 0.6 is 0 Å². The fourth-order valence-electron chi connectivity index (χ4n) is 2.99. The van der Waals surface area contributed by atoms with Crippen molar-refractivity contribution in [1.29, 1.82) is 5.26 Å². The van der Waals surface area contributed by atoms with E-state index in [1.807, 2.05) is 0 Å². The Balaban J connectivity index is 2.51. The molecule has 0 aromatic heterocycles. The Kier molecular flexibility index (Phi) is 7.88. The maximum Gasteiger partial charge on any atom is 0.573 e. The molecular formula is C24H24F3N3O3. The fourth-order valence-corrected chi connectivity index (χ4v) is 2.99. The summed E-state index contributed by atoms with van der Waals surface area (Å²) < 4.78 is 46.6. The van der Waals surface area contributed by atoms with Crippen LogP contribution in [0.25, 0.3) is 11.1 Å². The van der Waals surface area contributed by atoms with Crippen molar-refractivity contribution in [3.63, 3.8) is 0 Å². The number of ether oxygens (including phenoxy) is 2. The molecule has 0 heterocycles. The fraction of sp³-hybridized carbons (Fsp3) is 0.292. The van der Waals surface area contributed by atoms with E-state index in [-0.39, 0.29) is 17.9 Å². The van der Waals surface area contributed by atoms with Crippen LogP contribution in [0.3, 0.4) is 0 Å². The molecule has 0 atom stereocenters. The molecule has 0 aliphatic heterocycles. The predicted octanol–water partition coefficient (Wildman–Crippen LogP) is 6.35. The average molecular weight is 459 g/mol. The van der Waals surface area contributed by atoms with Gasteiger partial charge in [-0.05, 0) is 68.1 Å². The summed E-state index contributed by atoms with van der Waals surface area (Å²) in [4.78, 5) is 16.4. The number of amides is 1. The highest BCUT2D eigenvalue weighted by molar-refractivity contribution is 5.82. The molecule has 0 aliphatic rings. The molecule has 2 aromatic carbocycles. The van der Waals surface area contributed by atoms with Crippen molar-refractivity contribution in [1.82, 2.24) is 5.32 Å². The third-order valence-electron chi connectivity index (χ3n) is 4.28. The average Bonchev–Trinajstić information content (AvgIpc) is 2.69. The number of alkyl carbamates (subject to hydrolysis) is 1. The van der Waals surface area contributed by atoms with Crippen LogP contribution in [-0.4, -0.2) is 24.3 Å². The van der Waals surface area contributed by atoms with E-state index in [4.69, 9.17) is 4.74 Å². The van der Waals surface area contributed by atoms with Gasteiger partial charge in [-0.15, -0.1) is 13.2 Å². The molecule has 0 unspecified atom stereocenters. The number of benzene rings is 2. The second-order valence-electron chi connectivity index (χ2n) is 7.99. The number of carbonyl (C=O) groups is 1. The first-order valence-electron chi connectivity index (χ1n) is 9.89. The maximum atomic E-state index is 12.5. The van der Waals surface area contributed by atoms with E-state index < -0.39 is 18.1 Å². The van der Waals surface area contributed by atoms with Crippen LogP contribution in [0.5, 0.6) is 5.75 Å². The van der Waals surface area contributed by atoms with Gasteiger partial charge in [0.25, 0.3) is 0 Å². The van der Waals surface area contributed by atoms with E-state index in [2.05, 4.69) is 27.7 Å². The van der Waals surface area contributed by atoms with Gasteiger partial charge in [0.1, 0.15) is 17.4 Å². The van der Waals surface area contributed by atoms with Crippen molar-refractivity contribution in [2.24, 2.45) is 4.99 Å². The number of halogens is 3. The summed E-state index contributed by atoms with van der Waals surface area (Å²) in [5.41, 5.74) is 2.24. The number of allylic oxidation sites excluding steroid dienone is 1. The standard InChI is InChI=1S/C24H24F3N3O3/c1-6-11-29-21-15(2)19(16-7-9-18(10-8-16)32-24(25,26)27)12-17(20(21)13-28)14-30-22(31)33-23(3,4)5/h6-12H,1,14H2,2-5H3,(H,30,31)/b29-11-. The van der Waals surface area contributed by atoms with E-state index in [1.165, 1.54) is 36.6 Å². The second kappa shape index (κ2) is 10.2. The zero-order valence-electron chi connectivity index (χ0n) is 18.7. The molecule has 2 rings (SSSR count). The van der Waals surface area contributed by atoms with Gasteiger partial charge in [0.2, 0.25) is 0 Å². The molecule has 6 nitrogen and oxygen atoms in total. The van der Waals surface area contributed by atoms with E-state index >= 15 is 0 Å². The van der Waals surface area contributed by atoms with Crippen molar-refractivity contribution < 1.29 is 27.4 Å². The van der Waals surface area contributed by atoms with Gasteiger partial charge in [0.05, 0.1) is 11.3 Å². The van der Waals surface area contributed by atoms with Crippen molar-refractivity contribution in [2.75, 3.05) is 0 Å². The number of hydrogen-bond donors (Lipinski definition) is 1. The molecule has 0 saturated heterocycles. The van der Waals surface area contributed by atoms with Gasteiger partial charge in [0, 0.05) is 12.8 Å². The monoisotopic (exact) mass is 459 g/mol. The highest BCUT2D eigenvalue weighted by Gasteiger charge is 2.31. The summed E-state index contributed by atoms with van der Waals surface area (Å²) >= 11 is 0. The normalized spacial score (nSPS) is 11.7. The Hall–Kier alpha value is -3.80.